The number of carbonyl (C=O) groups excluding carboxylic acids is 2. The summed E-state index contributed by atoms with van der Waals surface area (Å²) < 4.78 is 17.2. The SMILES string of the molecule is CC/C=C\C/C=C\C/C=C\C/C=C\CCCCCCCCC(=O)OCC(COCCCCCCCCCCCCCC)OC(=O)CCCCCCC. The first-order valence-corrected chi connectivity index (χ1v) is 22.2. The van der Waals surface area contributed by atoms with Crippen LogP contribution in [0.3, 0.4) is 0 Å². The molecule has 0 aliphatic heterocycles. The van der Waals surface area contributed by atoms with Crippen LogP contribution in [0.15, 0.2) is 48.6 Å². The Bertz CT molecular complexity index is 873. The number of hydrogen-bond acceptors (Lipinski definition) is 5. The van der Waals surface area contributed by atoms with Crippen LogP contribution in [0, 0.1) is 0 Å². The van der Waals surface area contributed by atoms with Crippen LogP contribution in [-0.2, 0) is 23.8 Å². The number of unbranched alkanes of at least 4 members (excludes halogenated alkanes) is 21. The number of ether oxygens (including phenoxy) is 3. The van der Waals surface area contributed by atoms with Crippen LogP contribution in [0.1, 0.15) is 213 Å². The molecule has 0 saturated heterocycles. The van der Waals surface area contributed by atoms with Gasteiger partial charge in [-0.25, -0.2) is 0 Å². The molecule has 0 rings (SSSR count). The van der Waals surface area contributed by atoms with E-state index in [0.29, 0.717) is 19.4 Å². The summed E-state index contributed by atoms with van der Waals surface area (Å²) in [7, 11) is 0. The number of carbonyl (C=O) groups is 2. The van der Waals surface area contributed by atoms with Crippen molar-refractivity contribution in [1.82, 2.24) is 0 Å². The zero-order valence-electron chi connectivity index (χ0n) is 34.6. The Hall–Kier alpha value is -2.14. The fourth-order valence-electron chi connectivity index (χ4n) is 6.09. The van der Waals surface area contributed by atoms with Gasteiger partial charge < -0.3 is 14.2 Å². The van der Waals surface area contributed by atoms with Crippen LogP contribution in [0.25, 0.3) is 0 Å². The molecular formula is C47H84O5. The van der Waals surface area contributed by atoms with Gasteiger partial charge in [0.25, 0.3) is 0 Å². The molecule has 5 heteroatoms. The minimum atomic E-state index is -0.533. The van der Waals surface area contributed by atoms with Gasteiger partial charge in [0.2, 0.25) is 0 Å². The third kappa shape index (κ3) is 40.6. The highest BCUT2D eigenvalue weighted by atomic mass is 16.6. The quantitative estimate of drug-likeness (QED) is 0.0357. The molecule has 0 bridgehead atoms. The summed E-state index contributed by atoms with van der Waals surface area (Å²) in [6.45, 7) is 7.64. The predicted octanol–water partition coefficient (Wildman–Crippen LogP) is 14.4. The lowest BCUT2D eigenvalue weighted by Crippen LogP contribution is -2.30. The highest BCUT2D eigenvalue weighted by Crippen LogP contribution is 2.13. The number of hydrogen-bond donors (Lipinski definition) is 0. The molecular weight excluding hydrogens is 645 g/mol. The molecule has 0 heterocycles. The van der Waals surface area contributed by atoms with Crippen molar-refractivity contribution >= 4 is 11.9 Å². The van der Waals surface area contributed by atoms with Gasteiger partial charge in [-0.05, 0) is 57.8 Å². The summed E-state index contributed by atoms with van der Waals surface area (Å²) in [6.07, 6.45) is 51.3. The van der Waals surface area contributed by atoms with Crippen molar-refractivity contribution in [1.29, 1.82) is 0 Å². The van der Waals surface area contributed by atoms with Gasteiger partial charge in [0.15, 0.2) is 6.10 Å². The van der Waals surface area contributed by atoms with E-state index in [0.717, 1.165) is 77.0 Å². The molecule has 0 amide bonds. The summed E-state index contributed by atoms with van der Waals surface area (Å²) in [4.78, 5) is 25.0. The first-order chi connectivity index (χ1) is 25.6. The van der Waals surface area contributed by atoms with Crippen LogP contribution in [-0.4, -0.2) is 37.9 Å². The molecule has 52 heavy (non-hydrogen) atoms. The second-order valence-electron chi connectivity index (χ2n) is 14.6. The topological polar surface area (TPSA) is 61.8 Å². The predicted molar refractivity (Wildman–Crippen MR) is 224 cm³/mol. The average Bonchev–Trinajstić information content (AvgIpc) is 3.14. The van der Waals surface area contributed by atoms with E-state index in [1.165, 1.54) is 103 Å². The molecule has 0 fully saturated rings. The Morgan fingerprint density at radius 2 is 0.865 bits per heavy atom. The zero-order valence-corrected chi connectivity index (χ0v) is 34.6. The summed E-state index contributed by atoms with van der Waals surface area (Å²) >= 11 is 0. The molecule has 0 radical (unpaired) electrons. The third-order valence-corrected chi connectivity index (χ3v) is 9.38. The van der Waals surface area contributed by atoms with Crippen LogP contribution >= 0.6 is 0 Å². The fourth-order valence-corrected chi connectivity index (χ4v) is 6.09. The molecule has 0 aromatic heterocycles. The lowest BCUT2D eigenvalue weighted by Gasteiger charge is -2.18. The lowest BCUT2D eigenvalue weighted by molar-refractivity contribution is -0.163. The Balaban J connectivity index is 4.06. The summed E-state index contributed by atoms with van der Waals surface area (Å²) in [5.41, 5.74) is 0. The fraction of sp³-hybridized carbons (Fsp3) is 0.787. The molecule has 1 unspecified atom stereocenters. The Kier molecular flexibility index (Phi) is 41.5. The van der Waals surface area contributed by atoms with Crippen LogP contribution in [0.5, 0.6) is 0 Å². The van der Waals surface area contributed by atoms with Gasteiger partial charge in [-0.1, -0.05) is 191 Å². The van der Waals surface area contributed by atoms with Crippen LogP contribution in [0.2, 0.25) is 0 Å². The van der Waals surface area contributed by atoms with E-state index >= 15 is 0 Å². The monoisotopic (exact) mass is 729 g/mol. The summed E-state index contributed by atoms with van der Waals surface area (Å²) in [5, 5.41) is 0. The van der Waals surface area contributed by atoms with Crippen LogP contribution < -0.4 is 0 Å². The van der Waals surface area contributed by atoms with Gasteiger partial charge in [-0.2, -0.15) is 0 Å². The number of allylic oxidation sites excluding steroid dienone is 8. The Morgan fingerprint density at radius 1 is 0.442 bits per heavy atom. The van der Waals surface area contributed by atoms with Crippen molar-refractivity contribution in [3.05, 3.63) is 48.6 Å². The highest BCUT2D eigenvalue weighted by Gasteiger charge is 2.17. The van der Waals surface area contributed by atoms with E-state index in [-0.39, 0.29) is 25.2 Å². The summed E-state index contributed by atoms with van der Waals surface area (Å²) in [6, 6.07) is 0. The molecule has 5 nitrogen and oxygen atoms in total. The highest BCUT2D eigenvalue weighted by molar-refractivity contribution is 5.70. The maximum Gasteiger partial charge on any atom is 0.306 e. The number of rotatable bonds is 40. The van der Waals surface area contributed by atoms with Gasteiger partial charge in [0.05, 0.1) is 6.61 Å². The average molecular weight is 729 g/mol. The second-order valence-corrected chi connectivity index (χ2v) is 14.6. The standard InChI is InChI=1S/C47H84O5/c1-4-7-10-13-15-17-19-21-22-23-24-25-26-27-28-30-32-35-37-40-46(48)51-44-45(52-47(49)41-38-34-12-9-6-3)43-50-42-39-36-33-31-29-20-18-16-14-11-8-5-2/h7,10,15,17,21-22,24-25,45H,4-6,8-9,11-14,16,18-20,23,26-44H2,1-3H3/b10-7-,17-15-,22-21-,25-24-. The van der Waals surface area contributed by atoms with Crippen molar-refractivity contribution in [2.75, 3.05) is 19.8 Å². The maximum absolute atomic E-state index is 12.5. The lowest BCUT2D eigenvalue weighted by atomic mass is 10.1. The second kappa shape index (κ2) is 43.3. The van der Waals surface area contributed by atoms with Gasteiger partial charge in [0, 0.05) is 19.4 Å². The minimum Gasteiger partial charge on any atom is -0.462 e. The van der Waals surface area contributed by atoms with Crippen molar-refractivity contribution in [2.45, 2.75) is 219 Å². The first-order valence-electron chi connectivity index (χ1n) is 22.2. The molecule has 0 spiro atoms. The molecule has 0 saturated carbocycles. The van der Waals surface area contributed by atoms with Gasteiger partial charge in [-0.15, -0.1) is 0 Å². The van der Waals surface area contributed by atoms with Crippen molar-refractivity contribution in [3.8, 4) is 0 Å². The van der Waals surface area contributed by atoms with Crippen molar-refractivity contribution < 1.29 is 23.8 Å². The van der Waals surface area contributed by atoms with Gasteiger partial charge in [0.1, 0.15) is 6.61 Å². The molecule has 0 aliphatic rings. The smallest absolute Gasteiger partial charge is 0.306 e. The van der Waals surface area contributed by atoms with E-state index in [1.54, 1.807) is 0 Å². The Morgan fingerprint density at radius 3 is 1.38 bits per heavy atom. The third-order valence-electron chi connectivity index (χ3n) is 9.38. The maximum atomic E-state index is 12.5. The van der Waals surface area contributed by atoms with E-state index in [2.05, 4.69) is 69.4 Å². The molecule has 0 N–H and O–H groups in total. The number of esters is 2. The molecule has 302 valence electrons. The minimum absolute atomic E-state index is 0.0795. The first kappa shape index (κ1) is 49.9. The normalized spacial score (nSPS) is 12.6. The summed E-state index contributed by atoms with van der Waals surface area (Å²) in [5.74, 6) is -0.422. The van der Waals surface area contributed by atoms with Crippen molar-refractivity contribution in [3.63, 3.8) is 0 Å². The van der Waals surface area contributed by atoms with Crippen LogP contribution in [0.4, 0.5) is 0 Å². The molecule has 0 aliphatic carbocycles. The largest absolute Gasteiger partial charge is 0.462 e. The van der Waals surface area contributed by atoms with E-state index in [4.69, 9.17) is 14.2 Å². The Labute approximate surface area is 322 Å². The van der Waals surface area contributed by atoms with Crippen molar-refractivity contribution in [2.24, 2.45) is 0 Å². The molecule has 0 aromatic rings. The molecule has 0 aromatic carbocycles. The molecule has 1 atom stereocenters. The van der Waals surface area contributed by atoms with E-state index in [1.807, 2.05) is 0 Å². The van der Waals surface area contributed by atoms with Gasteiger partial charge in [-0.3, -0.25) is 9.59 Å². The van der Waals surface area contributed by atoms with E-state index < -0.39 is 6.10 Å². The zero-order chi connectivity index (χ0) is 37.8. The van der Waals surface area contributed by atoms with Gasteiger partial charge >= 0.3 is 11.9 Å². The van der Waals surface area contributed by atoms with E-state index in [9.17, 15) is 9.59 Å².